The van der Waals surface area contributed by atoms with Crippen LogP contribution >= 0.6 is 12.4 Å². The highest BCUT2D eigenvalue weighted by Crippen LogP contribution is 2.05. The van der Waals surface area contributed by atoms with E-state index in [9.17, 15) is 9.59 Å². The number of hydrogen-bond acceptors (Lipinski definition) is 5. The smallest absolute Gasteiger partial charge is 0.333 e. The lowest BCUT2D eigenvalue weighted by Crippen LogP contribution is -2.33. The van der Waals surface area contributed by atoms with Crippen LogP contribution in [-0.4, -0.2) is 31.2 Å². The largest absolute Gasteiger partial charge is 0.465 e. The fourth-order valence-electron chi connectivity index (χ4n) is 0.915. The van der Waals surface area contributed by atoms with E-state index in [1.807, 2.05) is 0 Å². The van der Waals surface area contributed by atoms with Gasteiger partial charge in [-0.25, -0.2) is 4.79 Å². The molecule has 0 amide bonds. The van der Waals surface area contributed by atoms with E-state index in [0.717, 1.165) is 0 Å². The summed E-state index contributed by atoms with van der Waals surface area (Å²) in [6.45, 7) is 7.40. The molecule has 0 spiro atoms. The first-order chi connectivity index (χ1) is 7.02. The monoisotopic (exact) mass is 251 g/mol. The molecule has 0 unspecified atom stereocenters. The molecule has 0 aromatic heterocycles. The molecule has 0 radical (unpaired) electrons. The zero-order valence-corrected chi connectivity index (χ0v) is 10.3. The molecule has 0 aromatic rings. The summed E-state index contributed by atoms with van der Waals surface area (Å²) in [6.07, 6.45) is 0.0532. The van der Waals surface area contributed by atoms with Gasteiger partial charge in [-0.15, -0.1) is 12.4 Å². The summed E-state index contributed by atoms with van der Waals surface area (Å²) >= 11 is 0. The van der Waals surface area contributed by atoms with Gasteiger partial charge in [0.05, 0.1) is 13.2 Å². The second kappa shape index (κ2) is 9.18. The van der Waals surface area contributed by atoms with Crippen LogP contribution in [0.4, 0.5) is 0 Å². The molecule has 16 heavy (non-hydrogen) atoms. The Morgan fingerprint density at radius 2 is 1.75 bits per heavy atom. The number of esters is 2. The van der Waals surface area contributed by atoms with Gasteiger partial charge in [0.1, 0.15) is 6.04 Å². The molecule has 6 heteroatoms. The van der Waals surface area contributed by atoms with Gasteiger partial charge in [-0.3, -0.25) is 4.79 Å². The van der Waals surface area contributed by atoms with Crippen LogP contribution in [0.25, 0.3) is 0 Å². The van der Waals surface area contributed by atoms with E-state index in [1.54, 1.807) is 13.8 Å². The van der Waals surface area contributed by atoms with Crippen molar-refractivity contribution in [2.24, 2.45) is 5.73 Å². The van der Waals surface area contributed by atoms with Crippen molar-refractivity contribution in [1.29, 1.82) is 0 Å². The normalized spacial score (nSPS) is 10.9. The number of halogens is 1. The summed E-state index contributed by atoms with van der Waals surface area (Å²) in [5.74, 6) is -1.07. The van der Waals surface area contributed by atoms with Crippen LogP contribution in [0.15, 0.2) is 12.2 Å². The highest BCUT2D eigenvalue weighted by atomic mass is 35.5. The number of nitrogens with two attached hydrogens (primary N) is 1. The maximum Gasteiger partial charge on any atom is 0.333 e. The minimum absolute atomic E-state index is 0. The Balaban J connectivity index is 0. The van der Waals surface area contributed by atoms with Gasteiger partial charge in [0.2, 0.25) is 0 Å². The highest BCUT2D eigenvalue weighted by molar-refractivity contribution is 5.89. The molecule has 0 fully saturated rings. The Morgan fingerprint density at radius 3 is 2.19 bits per heavy atom. The second-order valence-electron chi connectivity index (χ2n) is 2.89. The van der Waals surface area contributed by atoms with Gasteiger partial charge in [-0.05, 0) is 13.8 Å². The zero-order valence-electron chi connectivity index (χ0n) is 9.52. The van der Waals surface area contributed by atoms with Crippen LogP contribution in [0.1, 0.15) is 20.3 Å². The number of ether oxygens (including phenoxy) is 2. The van der Waals surface area contributed by atoms with Gasteiger partial charge in [0.15, 0.2) is 0 Å². The summed E-state index contributed by atoms with van der Waals surface area (Å²) in [4.78, 5) is 22.2. The standard InChI is InChI=1S/C10H17NO4.ClH/c1-4-14-9(12)7(3)6-8(11)10(13)15-5-2;/h8H,3-6,11H2,1-2H3;1H/t8-;/m1./s1. The minimum Gasteiger partial charge on any atom is -0.465 e. The molecular weight excluding hydrogens is 234 g/mol. The summed E-state index contributed by atoms with van der Waals surface area (Å²) in [5.41, 5.74) is 5.67. The maximum absolute atomic E-state index is 11.1. The van der Waals surface area contributed by atoms with Crippen molar-refractivity contribution in [2.75, 3.05) is 13.2 Å². The lowest BCUT2D eigenvalue weighted by molar-refractivity contribution is -0.144. The van der Waals surface area contributed by atoms with E-state index in [4.69, 9.17) is 10.5 Å². The zero-order chi connectivity index (χ0) is 11.8. The molecule has 0 aliphatic rings. The van der Waals surface area contributed by atoms with E-state index >= 15 is 0 Å². The highest BCUT2D eigenvalue weighted by Gasteiger charge is 2.19. The second-order valence-corrected chi connectivity index (χ2v) is 2.89. The minimum atomic E-state index is -0.859. The van der Waals surface area contributed by atoms with E-state index in [0.29, 0.717) is 0 Å². The van der Waals surface area contributed by atoms with Gasteiger partial charge in [0, 0.05) is 12.0 Å². The van der Waals surface area contributed by atoms with Crippen molar-refractivity contribution in [3.8, 4) is 0 Å². The van der Waals surface area contributed by atoms with Gasteiger partial charge >= 0.3 is 11.9 Å². The van der Waals surface area contributed by atoms with Crippen LogP contribution in [-0.2, 0) is 19.1 Å². The Labute approximate surface area is 101 Å². The number of carbonyl (C=O) groups excluding carboxylic acids is 2. The van der Waals surface area contributed by atoms with Crippen molar-refractivity contribution in [1.82, 2.24) is 0 Å². The Bertz CT molecular complexity index is 255. The molecule has 0 aromatic carbocycles. The third-order valence-corrected chi connectivity index (χ3v) is 1.62. The Kier molecular flexibility index (Phi) is 9.94. The lowest BCUT2D eigenvalue weighted by atomic mass is 10.1. The van der Waals surface area contributed by atoms with Gasteiger partial charge < -0.3 is 15.2 Å². The van der Waals surface area contributed by atoms with E-state index in [-0.39, 0.29) is 37.6 Å². The molecule has 0 saturated heterocycles. The molecule has 2 N–H and O–H groups in total. The molecule has 0 saturated carbocycles. The molecule has 0 heterocycles. The Hall–Kier alpha value is -1.07. The van der Waals surface area contributed by atoms with Gasteiger partial charge in [-0.1, -0.05) is 6.58 Å². The van der Waals surface area contributed by atoms with Crippen LogP contribution in [0.5, 0.6) is 0 Å². The van der Waals surface area contributed by atoms with Crippen LogP contribution in [0.2, 0.25) is 0 Å². The van der Waals surface area contributed by atoms with Crippen molar-refractivity contribution in [3.63, 3.8) is 0 Å². The van der Waals surface area contributed by atoms with Crippen molar-refractivity contribution < 1.29 is 19.1 Å². The van der Waals surface area contributed by atoms with Crippen LogP contribution < -0.4 is 5.73 Å². The van der Waals surface area contributed by atoms with Gasteiger partial charge in [-0.2, -0.15) is 0 Å². The third-order valence-electron chi connectivity index (χ3n) is 1.62. The van der Waals surface area contributed by atoms with E-state index in [1.165, 1.54) is 0 Å². The fraction of sp³-hybridized carbons (Fsp3) is 0.600. The molecular formula is C10H18ClNO4. The summed E-state index contributed by atoms with van der Waals surface area (Å²) in [6, 6.07) is -0.859. The van der Waals surface area contributed by atoms with E-state index < -0.39 is 18.0 Å². The predicted octanol–water partition coefficient (Wildman–Crippen LogP) is 0.808. The summed E-state index contributed by atoms with van der Waals surface area (Å²) in [7, 11) is 0. The molecule has 5 nitrogen and oxygen atoms in total. The van der Waals surface area contributed by atoms with Gasteiger partial charge in [0.25, 0.3) is 0 Å². The number of rotatable bonds is 6. The Morgan fingerprint density at radius 1 is 1.25 bits per heavy atom. The molecule has 94 valence electrons. The first-order valence-electron chi connectivity index (χ1n) is 4.80. The number of hydrogen-bond donors (Lipinski definition) is 1. The maximum atomic E-state index is 11.1. The quantitative estimate of drug-likeness (QED) is 0.558. The molecule has 0 aliphatic heterocycles. The first-order valence-corrected chi connectivity index (χ1v) is 4.80. The van der Waals surface area contributed by atoms with Crippen molar-refractivity contribution in [3.05, 3.63) is 12.2 Å². The average molecular weight is 252 g/mol. The molecule has 0 aliphatic carbocycles. The lowest BCUT2D eigenvalue weighted by Gasteiger charge is -2.11. The predicted molar refractivity (Wildman–Crippen MR) is 62.2 cm³/mol. The third kappa shape index (κ3) is 6.42. The van der Waals surface area contributed by atoms with Crippen molar-refractivity contribution >= 4 is 24.3 Å². The van der Waals surface area contributed by atoms with Crippen LogP contribution in [0.3, 0.4) is 0 Å². The summed E-state index contributed by atoms with van der Waals surface area (Å²) < 4.78 is 9.39. The molecule has 1 atom stereocenters. The topological polar surface area (TPSA) is 78.6 Å². The van der Waals surface area contributed by atoms with Crippen LogP contribution in [0, 0.1) is 0 Å². The summed E-state index contributed by atoms with van der Waals surface area (Å²) in [5, 5.41) is 0. The molecule has 0 rings (SSSR count). The average Bonchev–Trinajstić information content (AvgIpc) is 2.18. The fourth-order valence-corrected chi connectivity index (χ4v) is 0.915. The van der Waals surface area contributed by atoms with E-state index in [2.05, 4.69) is 11.3 Å². The van der Waals surface area contributed by atoms with Crippen molar-refractivity contribution in [2.45, 2.75) is 26.3 Å². The SMILES string of the molecule is C=C(C[C@@H](N)C(=O)OCC)C(=O)OCC.Cl. The first kappa shape index (κ1) is 17.3. The molecule has 0 bridgehead atoms. The number of carbonyl (C=O) groups is 2.